The van der Waals surface area contributed by atoms with Crippen molar-refractivity contribution in [3.63, 3.8) is 0 Å². The predicted molar refractivity (Wildman–Crippen MR) is 191 cm³/mol. The molecule has 0 radical (unpaired) electrons. The fraction of sp³-hybridized carbons (Fsp3) is 0.216. The van der Waals surface area contributed by atoms with Gasteiger partial charge >= 0.3 is 18.3 Å². The van der Waals surface area contributed by atoms with Gasteiger partial charge in [-0.1, -0.05) is 60.7 Å². The van der Waals surface area contributed by atoms with Crippen LogP contribution >= 0.6 is 0 Å². The molecule has 5 rings (SSSR count). The fourth-order valence-electron chi connectivity index (χ4n) is 5.65. The number of benzene rings is 4. The van der Waals surface area contributed by atoms with Crippen LogP contribution in [0, 0.1) is 10.1 Å². The van der Waals surface area contributed by atoms with E-state index in [9.17, 15) is 34.1 Å². The van der Waals surface area contributed by atoms with Gasteiger partial charge in [0, 0.05) is 30.3 Å². The standard InChI is InChI=1S/C37H36N6O10/c38-35(46)39-19-5-10-32(34(45)41-24-13-11-23(12-14-24)21-52-37(48)53-26-17-15-25(16-18-26)43(49)50)42-33(44)20-40-36(47)51-22-31-29-8-3-1-6-27(29)28-7-2-4-9-30(28)31/h1-4,6-9,11-18,31-32H,5,10,19-22H2,(H,40,47)(H,41,45)(H,42,44)(H3,38,39,46)/t32-/m0/s1. The minimum atomic E-state index is -1.04. The first-order chi connectivity index (χ1) is 25.6. The van der Waals surface area contributed by atoms with E-state index in [1.807, 2.05) is 48.5 Å². The Bertz CT molecular complexity index is 1920. The van der Waals surface area contributed by atoms with Gasteiger partial charge in [0.05, 0.1) is 4.92 Å². The van der Waals surface area contributed by atoms with Crippen molar-refractivity contribution < 1.29 is 43.1 Å². The number of alkyl carbamates (subject to hydrolysis) is 1. The van der Waals surface area contributed by atoms with Crippen LogP contribution in [0.25, 0.3) is 11.1 Å². The molecule has 1 aliphatic carbocycles. The van der Waals surface area contributed by atoms with Crippen molar-refractivity contribution in [2.24, 2.45) is 5.73 Å². The molecule has 0 aromatic heterocycles. The van der Waals surface area contributed by atoms with E-state index in [0.29, 0.717) is 17.7 Å². The molecule has 0 fully saturated rings. The van der Waals surface area contributed by atoms with Crippen molar-refractivity contribution in [1.82, 2.24) is 16.0 Å². The Hall–Kier alpha value is -6.97. The fourth-order valence-corrected chi connectivity index (χ4v) is 5.65. The highest BCUT2D eigenvalue weighted by molar-refractivity contribution is 5.97. The van der Waals surface area contributed by atoms with E-state index in [0.717, 1.165) is 22.3 Å². The zero-order chi connectivity index (χ0) is 37.7. The molecule has 0 heterocycles. The van der Waals surface area contributed by atoms with Gasteiger partial charge in [0.25, 0.3) is 5.69 Å². The first-order valence-electron chi connectivity index (χ1n) is 16.5. The molecule has 0 saturated heterocycles. The average Bonchev–Trinajstić information content (AvgIpc) is 3.47. The summed E-state index contributed by atoms with van der Waals surface area (Å²) < 4.78 is 15.6. The maximum absolute atomic E-state index is 13.2. The van der Waals surface area contributed by atoms with Crippen LogP contribution in [0.2, 0.25) is 0 Å². The lowest BCUT2D eigenvalue weighted by molar-refractivity contribution is -0.384. The van der Waals surface area contributed by atoms with E-state index in [1.165, 1.54) is 24.3 Å². The molecule has 16 heteroatoms. The van der Waals surface area contributed by atoms with E-state index in [4.69, 9.17) is 19.9 Å². The monoisotopic (exact) mass is 724 g/mol. The smallest absolute Gasteiger partial charge is 0.449 e. The number of rotatable bonds is 15. The zero-order valence-electron chi connectivity index (χ0n) is 28.2. The SMILES string of the molecule is NC(=O)NCCC[C@H](NC(=O)CNC(=O)OCC1c2ccccc2-c2ccccc21)C(=O)Nc1ccc(COC(=O)Oc2ccc([N+](=O)[O-])cc2)cc1. The van der Waals surface area contributed by atoms with Gasteiger partial charge in [0.15, 0.2) is 0 Å². The summed E-state index contributed by atoms with van der Waals surface area (Å²) in [4.78, 5) is 72.0. The molecule has 6 N–H and O–H groups in total. The number of fused-ring (bicyclic) bond motifs is 3. The van der Waals surface area contributed by atoms with E-state index in [1.54, 1.807) is 24.3 Å². The van der Waals surface area contributed by atoms with Crippen LogP contribution in [0.4, 0.5) is 25.8 Å². The van der Waals surface area contributed by atoms with Gasteiger partial charge in [-0.05, 0) is 64.9 Å². The molecule has 16 nitrogen and oxygen atoms in total. The van der Waals surface area contributed by atoms with E-state index >= 15 is 0 Å². The predicted octanol–water partition coefficient (Wildman–Crippen LogP) is 4.72. The number of nitro groups is 1. The number of hydrogen-bond donors (Lipinski definition) is 5. The van der Waals surface area contributed by atoms with Crippen molar-refractivity contribution in [1.29, 1.82) is 0 Å². The minimum absolute atomic E-state index is 0.0660. The molecule has 1 aliphatic rings. The number of carbonyl (C=O) groups is 5. The summed E-state index contributed by atoms with van der Waals surface area (Å²) in [6.07, 6.45) is -1.38. The lowest BCUT2D eigenvalue weighted by Gasteiger charge is -2.19. The van der Waals surface area contributed by atoms with Crippen molar-refractivity contribution in [2.45, 2.75) is 31.4 Å². The lowest BCUT2D eigenvalue weighted by Crippen LogP contribution is -2.47. The summed E-state index contributed by atoms with van der Waals surface area (Å²) in [6, 6.07) is 25.2. The topological polar surface area (TPSA) is 230 Å². The van der Waals surface area contributed by atoms with Crippen LogP contribution in [0.3, 0.4) is 0 Å². The van der Waals surface area contributed by atoms with Crippen molar-refractivity contribution in [3.8, 4) is 16.9 Å². The van der Waals surface area contributed by atoms with E-state index < -0.39 is 47.6 Å². The number of hydrogen-bond acceptors (Lipinski definition) is 10. The van der Waals surface area contributed by atoms with Gasteiger partial charge in [0.2, 0.25) is 11.8 Å². The Kier molecular flexibility index (Phi) is 12.5. The summed E-state index contributed by atoms with van der Waals surface area (Å²) in [6.45, 7) is -0.394. The van der Waals surface area contributed by atoms with Gasteiger partial charge in [-0.25, -0.2) is 14.4 Å². The number of anilines is 1. The molecule has 0 bridgehead atoms. The number of primary amides is 1. The second-order valence-corrected chi connectivity index (χ2v) is 11.8. The number of urea groups is 1. The number of nitrogens with zero attached hydrogens (tertiary/aromatic N) is 1. The Morgan fingerprint density at radius 2 is 1.45 bits per heavy atom. The normalized spacial score (nSPS) is 11.9. The third kappa shape index (κ3) is 10.5. The third-order valence-corrected chi connectivity index (χ3v) is 8.18. The number of carbonyl (C=O) groups excluding carboxylic acids is 5. The average molecular weight is 725 g/mol. The molecule has 53 heavy (non-hydrogen) atoms. The van der Waals surface area contributed by atoms with Gasteiger partial charge < -0.3 is 41.2 Å². The first kappa shape index (κ1) is 37.3. The number of nitrogens with two attached hydrogens (primary N) is 1. The van der Waals surface area contributed by atoms with Gasteiger partial charge in [-0.3, -0.25) is 19.7 Å². The van der Waals surface area contributed by atoms with Crippen LogP contribution in [0.15, 0.2) is 97.1 Å². The second-order valence-electron chi connectivity index (χ2n) is 11.8. The maximum Gasteiger partial charge on any atom is 0.514 e. The second kappa shape index (κ2) is 17.8. The van der Waals surface area contributed by atoms with Gasteiger partial charge in [-0.2, -0.15) is 0 Å². The highest BCUT2D eigenvalue weighted by Crippen LogP contribution is 2.44. The van der Waals surface area contributed by atoms with Crippen LogP contribution in [-0.4, -0.2) is 60.8 Å². The Balaban J connectivity index is 1.09. The molecule has 0 unspecified atom stereocenters. The minimum Gasteiger partial charge on any atom is -0.449 e. The zero-order valence-corrected chi connectivity index (χ0v) is 28.2. The third-order valence-electron chi connectivity index (χ3n) is 8.18. The first-order valence-corrected chi connectivity index (χ1v) is 16.5. The Morgan fingerprint density at radius 3 is 2.08 bits per heavy atom. The highest BCUT2D eigenvalue weighted by Gasteiger charge is 2.29. The van der Waals surface area contributed by atoms with Crippen LogP contribution in [0.1, 0.15) is 35.4 Å². The van der Waals surface area contributed by atoms with Crippen molar-refractivity contribution in [2.75, 3.05) is 25.0 Å². The van der Waals surface area contributed by atoms with E-state index in [-0.39, 0.29) is 43.5 Å². The van der Waals surface area contributed by atoms with Crippen LogP contribution in [0.5, 0.6) is 5.75 Å². The molecule has 4 aromatic carbocycles. The summed E-state index contributed by atoms with van der Waals surface area (Å²) in [5, 5.41) is 20.9. The molecule has 5 amide bonds. The molecule has 0 spiro atoms. The van der Waals surface area contributed by atoms with Gasteiger partial charge in [-0.15, -0.1) is 0 Å². The largest absolute Gasteiger partial charge is 0.514 e. The summed E-state index contributed by atoms with van der Waals surface area (Å²) in [5.41, 5.74) is 10.2. The Morgan fingerprint density at radius 1 is 0.811 bits per heavy atom. The molecular weight excluding hydrogens is 688 g/mol. The lowest BCUT2D eigenvalue weighted by atomic mass is 9.98. The highest BCUT2D eigenvalue weighted by atomic mass is 16.7. The van der Waals surface area contributed by atoms with Crippen LogP contribution < -0.4 is 31.7 Å². The number of ether oxygens (including phenoxy) is 3. The molecular formula is C37H36N6O10. The quantitative estimate of drug-likeness (QED) is 0.0372. The number of nitro benzene ring substituents is 1. The van der Waals surface area contributed by atoms with Crippen LogP contribution in [-0.2, 0) is 25.7 Å². The molecule has 274 valence electrons. The van der Waals surface area contributed by atoms with Gasteiger partial charge in [0.1, 0.15) is 31.5 Å². The molecule has 4 aromatic rings. The number of non-ortho nitro benzene ring substituents is 1. The summed E-state index contributed by atoms with van der Waals surface area (Å²) in [7, 11) is 0. The van der Waals surface area contributed by atoms with E-state index in [2.05, 4.69) is 21.3 Å². The molecule has 0 aliphatic heterocycles. The van der Waals surface area contributed by atoms with Crippen molar-refractivity contribution >= 4 is 41.5 Å². The number of nitrogens with one attached hydrogen (secondary N) is 4. The molecule has 0 saturated carbocycles. The Labute approximate surface area is 303 Å². The maximum atomic E-state index is 13.2. The summed E-state index contributed by atoms with van der Waals surface area (Å²) >= 11 is 0. The van der Waals surface area contributed by atoms with Crippen molar-refractivity contribution in [3.05, 3.63) is 124 Å². The summed E-state index contributed by atoms with van der Waals surface area (Å²) in [5.74, 6) is -1.29. The molecule has 1 atom stereocenters. The number of amides is 5.